The minimum atomic E-state index is -3.26. The van der Waals surface area contributed by atoms with Gasteiger partial charge in [-0.1, -0.05) is 0 Å². The Hall–Kier alpha value is -1.98. The van der Waals surface area contributed by atoms with Crippen molar-refractivity contribution in [1.29, 1.82) is 0 Å². The van der Waals surface area contributed by atoms with Gasteiger partial charge in [-0.05, 0) is 46.2 Å². The van der Waals surface area contributed by atoms with Crippen LogP contribution in [-0.4, -0.2) is 50.8 Å². The van der Waals surface area contributed by atoms with E-state index in [1.165, 1.54) is 6.92 Å². The minimum absolute atomic E-state index is 0.218. The number of urea groups is 1. The molecule has 0 saturated heterocycles. The first-order valence-electron chi connectivity index (χ1n) is 8.14. The molecule has 1 heterocycles. The van der Waals surface area contributed by atoms with Crippen molar-refractivity contribution < 1.29 is 27.5 Å². The molecule has 0 aliphatic rings. The molecule has 0 aromatic carbocycles. The Morgan fingerprint density at radius 2 is 1.85 bits per heavy atom. The van der Waals surface area contributed by atoms with E-state index in [-0.39, 0.29) is 11.4 Å². The van der Waals surface area contributed by atoms with Gasteiger partial charge in [0.25, 0.3) is 5.91 Å². The van der Waals surface area contributed by atoms with Crippen molar-refractivity contribution >= 4 is 39.3 Å². The summed E-state index contributed by atoms with van der Waals surface area (Å²) in [7, 11) is -3.26. The lowest BCUT2D eigenvalue weighted by molar-refractivity contribution is -0.127. The molecule has 152 valence electrons. The highest BCUT2D eigenvalue weighted by Gasteiger charge is 2.23. The van der Waals surface area contributed by atoms with E-state index < -0.39 is 39.6 Å². The first kappa shape index (κ1) is 23.1. The van der Waals surface area contributed by atoms with Gasteiger partial charge in [0.1, 0.15) is 4.88 Å². The van der Waals surface area contributed by atoms with Gasteiger partial charge in [0.15, 0.2) is 6.10 Å². The van der Waals surface area contributed by atoms with Crippen LogP contribution >= 0.6 is 11.3 Å². The molecule has 0 radical (unpaired) electrons. The fraction of sp³-hybridized carbons (Fsp3) is 0.562. The first-order chi connectivity index (χ1) is 12.3. The van der Waals surface area contributed by atoms with Crippen LogP contribution in [0.3, 0.4) is 0 Å². The first-order valence-corrected chi connectivity index (χ1v) is 10.8. The monoisotopic (exact) mass is 419 g/mol. The van der Waals surface area contributed by atoms with E-state index in [9.17, 15) is 22.8 Å². The fourth-order valence-corrected chi connectivity index (χ4v) is 3.20. The smallest absolute Gasteiger partial charge is 0.349 e. The number of hydrogen-bond acceptors (Lipinski definition) is 7. The predicted octanol–water partition coefficient (Wildman–Crippen LogP) is 1.01. The molecule has 0 saturated carbocycles. The second kappa shape index (κ2) is 9.29. The maximum atomic E-state index is 12.1. The normalized spacial score (nSPS) is 12.9. The Morgan fingerprint density at radius 3 is 2.41 bits per heavy atom. The van der Waals surface area contributed by atoms with Crippen LogP contribution < -0.4 is 15.4 Å². The molecule has 0 aliphatic heterocycles. The molecule has 9 nitrogen and oxygen atoms in total. The SMILES string of the molecule is CC(OC(=O)c1ccc(CCNS(C)(=O)=O)s1)C(=O)NC(=O)NC(C)(C)C. The average Bonchev–Trinajstić information content (AvgIpc) is 2.92. The van der Waals surface area contributed by atoms with Crippen LogP contribution in [0.2, 0.25) is 0 Å². The summed E-state index contributed by atoms with van der Waals surface area (Å²) in [5, 5.41) is 4.68. The van der Waals surface area contributed by atoms with Crippen LogP contribution in [0.1, 0.15) is 42.2 Å². The van der Waals surface area contributed by atoms with E-state index in [4.69, 9.17) is 4.74 Å². The number of esters is 1. The molecule has 0 aliphatic carbocycles. The molecule has 1 rings (SSSR count). The Balaban J connectivity index is 2.53. The quantitative estimate of drug-likeness (QED) is 0.566. The molecule has 3 amide bonds. The van der Waals surface area contributed by atoms with Crippen LogP contribution in [0.4, 0.5) is 4.79 Å². The number of carbonyl (C=O) groups excluding carboxylic acids is 3. The summed E-state index contributed by atoms with van der Waals surface area (Å²) in [6.45, 7) is 6.87. The molecule has 1 aromatic heterocycles. The zero-order valence-electron chi connectivity index (χ0n) is 15.9. The van der Waals surface area contributed by atoms with Crippen LogP contribution in [0.5, 0.6) is 0 Å². The molecular weight excluding hydrogens is 394 g/mol. The average molecular weight is 420 g/mol. The summed E-state index contributed by atoms with van der Waals surface area (Å²) in [4.78, 5) is 36.8. The van der Waals surface area contributed by atoms with Crippen LogP contribution in [0.15, 0.2) is 12.1 Å². The molecule has 1 aromatic rings. The third kappa shape index (κ3) is 9.50. The van der Waals surface area contributed by atoms with Gasteiger partial charge < -0.3 is 10.1 Å². The summed E-state index contributed by atoms with van der Waals surface area (Å²) < 4.78 is 29.5. The van der Waals surface area contributed by atoms with Crippen molar-refractivity contribution in [2.45, 2.75) is 45.8 Å². The van der Waals surface area contributed by atoms with Gasteiger partial charge in [0, 0.05) is 17.0 Å². The van der Waals surface area contributed by atoms with E-state index in [2.05, 4.69) is 15.4 Å². The van der Waals surface area contributed by atoms with Crippen molar-refractivity contribution in [3.63, 3.8) is 0 Å². The minimum Gasteiger partial charge on any atom is -0.448 e. The molecule has 3 N–H and O–H groups in total. The lowest BCUT2D eigenvalue weighted by Crippen LogP contribution is -2.50. The fourth-order valence-electron chi connectivity index (χ4n) is 1.84. The summed E-state index contributed by atoms with van der Waals surface area (Å²) in [5.74, 6) is -1.43. The van der Waals surface area contributed by atoms with Crippen LogP contribution in [-0.2, 0) is 26.0 Å². The number of rotatable bonds is 7. The van der Waals surface area contributed by atoms with Crippen molar-refractivity contribution in [3.05, 3.63) is 21.9 Å². The maximum absolute atomic E-state index is 12.1. The number of sulfonamides is 1. The summed E-state index contributed by atoms with van der Waals surface area (Å²) in [5.41, 5.74) is -0.510. The Morgan fingerprint density at radius 1 is 1.22 bits per heavy atom. The van der Waals surface area contributed by atoms with E-state index in [0.717, 1.165) is 22.5 Å². The van der Waals surface area contributed by atoms with Gasteiger partial charge in [0.2, 0.25) is 10.0 Å². The highest BCUT2D eigenvalue weighted by molar-refractivity contribution is 7.88. The molecule has 0 spiro atoms. The molecule has 1 unspecified atom stereocenters. The second-order valence-electron chi connectivity index (χ2n) is 6.92. The van der Waals surface area contributed by atoms with Gasteiger partial charge in [0.05, 0.1) is 6.26 Å². The highest BCUT2D eigenvalue weighted by atomic mass is 32.2. The van der Waals surface area contributed by atoms with Gasteiger partial charge in [-0.25, -0.2) is 22.7 Å². The number of ether oxygens (including phenoxy) is 1. The molecule has 27 heavy (non-hydrogen) atoms. The van der Waals surface area contributed by atoms with Crippen LogP contribution in [0, 0.1) is 0 Å². The standard InChI is InChI=1S/C16H25N3O6S2/c1-10(13(20)18-15(22)19-16(2,3)4)25-14(21)12-7-6-11(26-12)8-9-17-27(5,23)24/h6-7,10,17H,8-9H2,1-5H3,(H2,18,19,20,22). The molecule has 0 bridgehead atoms. The number of imide groups is 1. The molecular formula is C16H25N3O6S2. The van der Waals surface area contributed by atoms with E-state index in [0.29, 0.717) is 6.42 Å². The van der Waals surface area contributed by atoms with Gasteiger partial charge >= 0.3 is 12.0 Å². The van der Waals surface area contributed by atoms with Crippen molar-refractivity contribution in [3.8, 4) is 0 Å². The van der Waals surface area contributed by atoms with Gasteiger partial charge in [-0.3, -0.25) is 10.1 Å². The molecule has 1 atom stereocenters. The van der Waals surface area contributed by atoms with Crippen molar-refractivity contribution in [2.75, 3.05) is 12.8 Å². The van der Waals surface area contributed by atoms with Crippen LogP contribution in [0.25, 0.3) is 0 Å². The third-order valence-corrected chi connectivity index (χ3v) is 4.83. The zero-order valence-corrected chi connectivity index (χ0v) is 17.5. The number of hydrogen-bond donors (Lipinski definition) is 3. The predicted molar refractivity (Wildman–Crippen MR) is 102 cm³/mol. The number of nitrogens with one attached hydrogen (secondary N) is 3. The van der Waals surface area contributed by atoms with Gasteiger partial charge in [-0.15, -0.1) is 11.3 Å². The molecule has 0 fully saturated rings. The highest BCUT2D eigenvalue weighted by Crippen LogP contribution is 2.18. The lowest BCUT2D eigenvalue weighted by Gasteiger charge is -2.21. The van der Waals surface area contributed by atoms with Crippen molar-refractivity contribution in [2.24, 2.45) is 0 Å². The number of carbonyl (C=O) groups is 3. The zero-order chi connectivity index (χ0) is 20.8. The van der Waals surface area contributed by atoms with E-state index >= 15 is 0 Å². The van der Waals surface area contributed by atoms with Gasteiger partial charge in [-0.2, -0.15) is 0 Å². The summed E-state index contributed by atoms with van der Waals surface area (Å²) in [6.07, 6.45) is 0.340. The molecule has 11 heteroatoms. The topological polar surface area (TPSA) is 131 Å². The third-order valence-electron chi connectivity index (χ3n) is 2.98. The Labute approximate surface area is 162 Å². The summed E-state index contributed by atoms with van der Waals surface area (Å²) >= 11 is 1.15. The largest absolute Gasteiger partial charge is 0.448 e. The number of thiophene rings is 1. The lowest BCUT2D eigenvalue weighted by atomic mass is 10.1. The van der Waals surface area contributed by atoms with E-state index in [1.54, 1.807) is 32.9 Å². The second-order valence-corrected chi connectivity index (χ2v) is 9.92. The Bertz CT molecular complexity index is 795. The number of amides is 3. The Kier molecular flexibility index (Phi) is 7.93. The van der Waals surface area contributed by atoms with E-state index in [1.807, 2.05) is 0 Å². The maximum Gasteiger partial charge on any atom is 0.349 e. The summed E-state index contributed by atoms with van der Waals surface area (Å²) in [6, 6.07) is 2.55. The van der Waals surface area contributed by atoms with Crippen molar-refractivity contribution in [1.82, 2.24) is 15.4 Å².